The van der Waals surface area contributed by atoms with Gasteiger partial charge in [0.25, 0.3) is 5.91 Å². The summed E-state index contributed by atoms with van der Waals surface area (Å²) in [5.74, 6) is -1.77. The molecule has 2 amide bonds. The highest BCUT2D eigenvalue weighted by molar-refractivity contribution is 6.37. The number of aryl methyl sites for hydroxylation is 1. The first kappa shape index (κ1) is 25.9. The Hall–Kier alpha value is -2.68. The van der Waals surface area contributed by atoms with Crippen LogP contribution in [0.5, 0.6) is 0 Å². The molecular formula is C24H27Cl2N3O5. The Bertz CT molecular complexity index is 1160. The van der Waals surface area contributed by atoms with Crippen molar-refractivity contribution in [1.29, 1.82) is 0 Å². The summed E-state index contributed by atoms with van der Waals surface area (Å²) >= 11 is 12.4. The number of ether oxygens (including phenoxy) is 1. The molecule has 0 aliphatic carbocycles. The molecule has 1 N–H and O–H groups in total. The fourth-order valence-electron chi connectivity index (χ4n) is 3.71. The Balaban J connectivity index is 1.89. The van der Waals surface area contributed by atoms with Gasteiger partial charge in [-0.1, -0.05) is 29.3 Å². The molecule has 0 radical (unpaired) electrons. The predicted molar refractivity (Wildman–Crippen MR) is 129 cm³/mol. The molecule has 1 aliphatic heterocycles. The third-order valence-electron chi connectivity index (χ3n) is 5.47. The zero-order valence-corrected chi connectivity index (χ0v) is 21.3. The number of carboxylic acids is 1. The van der Waals surface area contributed by atoms with Crippen LogP contribution < -0.4 is 0 Å². The van der Waals surface area contributed by atoms with Gasteiger partial charge in [-0.15, -0.1) is 0 Å². The van der Waals surface area contributed by atoms with E-state index in [0.29, 0.717) is 16.3 Å². The zero-order valence-electron chi connectivity index (χ0n) is 19.7. The van der Waals surface area contributed by atoms with Crippen molar-refractivity contribution >= 4 is 41.0 Å². The predicted octanol–water partition coefficient (Wildman–Crippen LogP) is 4.29. The van der Waals surface area contributed by atoms with E-state index >= 15 is 0 Å². The Morgan fingerprint density at radius 1 is 1.24 bits per heavy atom. The summed E-state index contributed by atoms with van der Waals surface area (Å²) in [6.45, 7) is 7.87. The van der Waals surface area contributed by atoms with Crippen LogP contribution in [0.3, 0.4) is 0 Å². The van der Waals surface area contributed by atoms with Gasteiger partial charge in [-0.2, -0.15) is 0 Å². The van der Waals surface area contributed by atoms with Gasteiger partial charge in [0.2, 0.25) is 5.91 Å². The summed E-state index contributed by atoms with van der Waals surface area (Å²) in [5.41, 5.74) is 1.07. The van der Waals surface area contributed by atoms with E-state index in [1.807, 2.05) is 20.8 Å². The lowest BCUT2D eigenvalue weighted by Gasteiger charge is -2.24. The first-order valence-electron chi connectivity index (χ1n) is 10.7. The van der Waals surface area contributed by atoms with Crippen molar-refractivity contribution in [3.05, 3.63) is 50.8 Å². The maximum absolute atomic E-state index is 13.4. The molecule has 8 nitrogen and oxygen atoms in total. The van der Waals surface area contributed by atoms with Gasteiger partial charge in [0, 0.05) is 41.3 Å². The molecule has 0 unspecified atom stereocenters. The largest absolute Gasteiger partial charge is 0.478 e. The third-order valence-corrected chi connectivity index (χ3v) is 6.02. The van der Waals surface area contributed by atoms with Crippen LogP contribution in [0.1, 0.15) is 52.9 Å². The van der Waals surface area contributed by atoms with Crippen LogP contribution in [0.15, 0.2) is 18.2 Å². The Labute approximate surface area is 208 Å². The van der Waals surface area contributed by atoms with Gasteiger partial charge < -0.3 is 19.6 Å². The summed E-state index contributed by atoms with van der Waals surface area (Å²) in [5, 5.41) is 10.5. The normalized spacial score (nSPS) is 13.3. The number of aromatic nitrogens is 1. The zero-order chi connectivity index (χ0) is 25.4. The second-order valence-electron chi connectivity index (χ2n) is 9.14. The van der Waals surface area contributed by atoms with Crippen molar-refractivity contribution in [2.45, 2.75) is 39.8 Å². The number of hydrogen-bond acceptors (Lipinski definition) is 5. The molecule has 10 heteroatoms. The first-order valence-corrected chi connectivity index (χ1v) is 11.4. The maximum Gasteiger partial charge on any atom is 0.338 e. The van der Waals surface area contributed by atoms with E-state index in [1.54, 1.807) is 31.0 Å². The lowest BCUT2D eigenvalue weighted by molar-refractivity contribution is -0.139. The van der Waals surface area contributed by atoms with Gasteiger partial charge >= 0.3 is 5.97 Å². The lowest BCUT2D eigenvalue weighted by atomic mass is 9.93. The standard InChI is InChI=1S/C24H27Cl2N3O5/c1-13-19(23(32)33)20(15-7-6-14(25)10-16(15)26)21-17(27-13)11-29(22(21)31)9-8-28(5)18(30)12-34-24(2,3)4/h6-7,10H,8-9,11-12H2,1-5H3,(H,32,33). The van der Waals surface area contributed by atoms with Crippen LogP contribution in [-0.4, -0.2) is 70.0 Å². The van der Waals surface area contributed by atoms with Gasteiger partial charge in [0.1, 0.15) is 6.61 Å². The summed E-state index contributed by atoms with van der Waals surface area (Å²) in [4.78, 5) is 45.3. The fourth-order valence-corrected chi connectivity index (χ4v) is 4.21. The van der Waals surface area contributed by atoms with Crippen LogP contribution in [0.2, 0.25) is 10.0 Å². The number of likely N-dealkylation sites (N-methyl/N-ethyl adjacent to an activating group) is 1. The first-order chi connectivity index (χ1) is 15.8. The Kier molecular flexibility index (Phi) is 7.55. The number of carbonyl (C=O) groups is 3. The number of amides is 2. The van der Waals surface area contributed by atoms with E-state index in [0.717, 1.165) is 0 Å². The molecule has 34 heavy (non-hydrogen) atoms. The second-order valence-corrected chi connectivity index (χ2v) is 9.98. The minimum atomic E-state index is -1.20. The van der Waals surface area contributed by atoms with Gasteiger partial charge in [-0.05, 0) is 39.8 Å². The Morgan fingerprint density at radius 2 is 1.91 bits per heavy atom. The van der Waals surface area contributed by atoms with Crippen molar-refractivity contribution in [3.63, 3.8) is 0 Å². The summed E-state index contributed by atoms with van der Waals surface area (Å²) in [6.07, 6.45) is 0. The maximum atomic E-state index is 13.4. The van der Waals surface area contributed by atoms with Crippen molar-refractivity contribution < 1.29 is 24.2 Å². The minimum absolute atomic E-state index is 0.0594. The molecule has 0 fully saturated rings. The topological polar surface area (TPSA) is 100 Å². The van der Waals surface area contributed by atoms with Crippen molar-refractivity contribution in [3.8, 4) is 11.1 Å². The van der Waals surface area contributed by atoms with Crippen molar-refractivity contribution in [2.24, 2.45) is 0 Å². The molecule has 1 aromatic carbocycles. The van der Waals surface area contributed by atoms with Crippen LogP contribution >= 0.6 is 23.2 Å². The van der Waals surface area contributed by atoms with E-state index in [2.05, 4.69) is 4.98 Å². The number of nitrogens with zero attached hydrogens (tertiary/aromatic N) is 3. The number of benzene rings is 1. The number of pyridine rings is 1. The van der Waals surface area contributed by atoms with Crippen LogP contribution in [0.25, 0.3) is 11.1 Å². The van der Waals surface area contributed by atoms with Crippen LogP contribution in [0.4, 0.5) is 0 Å². The molecule has 0 saturated heterocycles. The molecule has 2 aromatic rings. The summed E-state index contributed by atoms with van der Waals surface area (Å²) < 4.78 is 5.53. The highest BCUT2D eigenvalue weighted by Crippen LogP contribution is 2.40. The van der Waals surface area contributed by atoms with Crippen molar-refractivity contribution in [2.75, 3.05) is 26.7 Å². The Morgan fingerprint density at radius 3 is 2.50 bits per heavy atom. The van der Waals surface area contributed by atoms with E-state index < -0.39 is 11.6 Å². The number of fused-ring (bicyclic) bond motifs is 1. The number of aromatic carboxylic acids is 1. The molecule has 0 saturated carbocycles. The average molecular weight is 508 g/mol. The monoisotopic (exact) mass is 507 g/mol. The highest BCUT2D eigenvalue weighted by Gasteiger charge is 2.36. The van der Waals surface area contributed by atoms with Crippen molar-refractivity contribution in [1.82, 2.24) is 14.8 Å². The number of rotatable bonds is 7. The molecule has 1 aromatic heterocycles. The van der Waals surface area contributed by atoms with E-state index in [4.69, 9.17) is 27.9 Å². The lowest BCUT2D eigenvalue weighted by Crippen LogP contribution is -2.39. The van der Waals surface area contributed by atoms with Gasteiger partial charge in [-0.25, -0.2) is 4.79 Å². The van der Waals surface area contributed by atoms with Gasteiger partial charge in [0.05, 0.1) is 34.7 Å². The van der Waals surface area contributed by atoms with Crippen LogP contribution in [0, 0.1) is 6.92 Å². The molecule has 0 atom stereocenters. The second kappa shape index (κ2) is 9.90. The molecule has 182 valence electrons. The minimum Gasteiger partial charge on any atom is -0.478 e. The summed E-state index contributed by atoms with van der Waals surface area (Å²) in [6, 6.07) is 4.70. The quantitative estimate of drug-likeness (QED) is 0.599. The van der Waals surface area contributed by atoms with E-state index in [1.165, 1.54) is 11.0 Å². The molecule has 3 rings (SSSR count). The number of hydrogen-bond donors (Lipinski definition) is 1. The number of carboxylic acid groups (broad SMARTS) is 1. The molecule has 1 aliphatic rings. The van der Waals surface area contributed by atoms with E-state index in [9.17, 15) is 19.5 Å². The molecule has 0 spiro atoms. The molecular weight excluding hydrogens is 481 g/mol. The smallest absolute Gasteiger partial charge is 0.338 e. The SMILES string of the molecule is Cc1nc2c(c(-c3ccc(Cl)cc3Cl)c1C(=O)O)C(=O)N(CCN(C)C(=O)COC(C)(C)C)C2. The average Bonchev–Trinajstić information content (AvgIpc) is 3.03. The molecule has 0 bridgehead atoms. The van der Waals surface area contributed by atoms with Gasteiger partial charge in [-0.3, -0.25) is 14.6 Å². The fraction of sp³-hybridized carbons (Fsp3) is 0.417. The number of carbonyl (C=O) groups excluding carboxylic acids is 2. The molecule has 2 heterocycles. The third kappa shape index (κ3) is 5.51. The van der Waals surface area contributed by atoms with Gasteiger partial charge in [0.15, 0.2) is 0 Å². The highest BCUT2D eigenvalue weighted by atomic mass is 35.5. The number of halogens is 2. The van der Waals surface area contributed by atoms with Crippen LogP contribution in [-0.2, 0) is 16.1 Å². The summed E-state index contributed by atoms with van der Waals surface area (Å²) in [7, 11) is 1.64. The van der Waals surface area contributed by atoms with E-state index in [-0.39, 0.29) is 65.5 Å².